The number of aliphatic hydroxyl groups is 1. The normalized spacial score (nSPS) is 11.1. The Morgan fingerprint density at radius 1 is 1.33 bits per heavy atom. The highest BCUT2D eigenvalue weighted by atomic mass is 19.3. The molecule has 0 radical (unpaired) electrons. The largest absolute Gasteiger partial charge is 0.395 e. The van der Waals surface area contributed by atoms with Gasteiger partial charge in [0.05, 0.1) is 13.2 Å². The number of amides is 1. The molecule has 1 N–H and O–H groups in total. The number of carbonyl (C=O) groups is 1. The molecule has 0 bridgehead atoms. The third kappa shape index (κ3) is 5.06. The van der Waals surface area contributed by atoms with E-state index in [4.69, 9.17) is 5.11 Å². The van der Waals surface area contributed by atoms with Crippen LogP contribution in [0, 0.1) is 5.92 Å². The van der Waals surface area contributed by atoms with Crippen LogP contribution in [0.4, 0.5) is 8.78 Å². The number of alkyl halides is 2. The van der Waals surface area contributed by atoms with Crippen molar-refractivity contribution in [3.8, 4) is 0 Å². The first-order chi connectivity index (χ1) is 7.06. The van der Waals surface area contributed by atoms with E-state index in [1.54, 1.807) is 0 Å². The minimum atomic E-state index is -2.55. The van der Waals surface area contributed by atoms with Gasteiger partial charge in [-0.3, -0.25) is 4.79 Å². The van der Waals surface area contributed by atoms with Gasteiger partial charge in [-0.05, 0) is 12.8 Å². The molecule has 0 aromatic carbocycles. The lowest BCUT2D eigenvalue weighted by Gasteiger charge is -2.25. The maximum absolute atomic E-state index is 12.2. The van der Waals surface area contributed by atoms with Gasteiger partial charge in [0.15, 0.2) is 0 Å². The zero-order valence-corrected chi connectivity index (χ0v) is 9.25. The standard InChI is InChI=1S/C10H19F2NO2/c1-3-8(4-2)10(15)13(5-6-14)7-9(11)12/h8-9,14H,3-7H2,1-2H3. The Bertz CT molecular complexity index is 184. The van der Waals surface area contributed by atoms with Crippen LogP contribution >= 0.6 is 0 Å². The maximum Gasteiger partial charge on any atom is 0.255 e. The van der Waals surface area contributed by atoms with E-state index in [1.165, 1.54) is 0 Å². The van der Waals surface area contributed by atoms with Crippen LogP contribution in [0.5, 0.6) is 0 Å². The highest BCUT2D eigenvalue weighted by Crippen LogP contribution is 2.12. The molecule has 0 saturated carbocycles. The van der Waals surface area contributed by atoms with Crippen LogP contribution < -0.4 is 0 Å². The number of rotatable bonds is 7. The Balaban J connectivity index is 4.38. The van der Waals surface area contributed by atoms with E-state index in [-0.39, 0.29) is 25.0 Å². The molecule has 90 valence electrons. The minimum absolute atomic E-state index is 0.0142. The summed E-state index contributed by atoms with van der Waals surface area (Å²) in [6.45, 7) is 2.82. The summed E-state index contributed by atoms with van der Waals surface area (Å²) in [5, 5.41) is 8.69. The van der Waals surface area contributed by atoms with Crippen molar-refractivity contribution in [1.82, 2.24) is 4.90 Å². The lowest BCUT2D eigenvalue weighted by Crippen LogP contribution is -2.40. The molecule has 0 aliphatic carbocycles. The number of hydrogen-bond donors (Lipinski definition) is 1. The fourth-order valence-corrected chi connectivity index (χ4v) is 1.47. The van der Waals surface area contributed by atoms with Gasteiger partial charge in [-0.25, -0.2) is 8.78 Å². The molecule has 1 amide bonds. The predicted molar refractivity (Wildman–Crippen MR) is 53.7 cm³/mol. The summed E-state index contributed by atoms with van der Waals surface area (Å²) in [7, 11) is 0. The van der Waals surface area contributed by atoms with Gasteiger partial charge in [0, 0.05) is 12.5 Å². The zero-order chi connectivity index (χ0) is 11.8. The number of halogens is 2. The second-order valence-corrected chi connectivity index (χ2v) is 3.41. The molecule has 0 aliphatic rings. The lowest BCUT2D eigenvalue weighted by molar-refractivity contribution is -0.138. The first-order valence-corrected chi connectivity index (χ1v) is 5.24. The van der Waals surface area contributed by atoms with E-state index in [2.05, 4.69) is 0 Å². The summed E-state index contributed by atoms with van der Waals surface area (Å²) in [4.78, 5) is 12.8. The van der Waals surface area contributed by atoms with E-state index < -0.39 is 13.0 Å². The topological polar surface area (TPSA) is 40.5 Å². The van der Waals surface area contributed by atoms with Gasteiger partial charge >= 0.3 is 0 Å². The summed E-state index contributed by atoms with van der Waals surface area (Å²) in [6.07, 6.45) is -1.27. The number of carbonyl (C=O) groups excluding carboxylic acids is 1. The summed E-state index contributed by atoms with van der Waals surface area (Å²) in [6, 6.07) is 0. The molecule has 0 unspecified atom stereocenters. The predicted octanol–water partition coefficient (Wildman–Crippen LogP) is 1.51. The number of aliphatic hydroxyl groups excluding tert-OH is 1. The van der Waals surface area contributed by atoms with Gasteiger partial charge in [-0.15, -0.1) is 0 Å². The van der Waals surface area contributed by atoms with Crippen molar-refractivity contribution in [2.45, 2.75) is 33.1 Å². The molecule has 0 rings (SSSR count). The quantitative estimate of drug-likeness (QED) is 0.710. The second-order valence-electron chi connectivity index (χ2n) is 3.41. The van der Waals surface area contributed by atoms with Crippen molar-refractivity contribution in [3.63, 3.8) is 0 Å². The minimum Gasteiger partial charge on any atom is -0.395 e. The third-order valence-electron chi connectivity index (χ3n) is 2.37. The van der Waals surface area contributed by atoms with Crippen molar-refractivity contribution in [2.24, 2.45) is 5.92 Å². The molecule has 5 heteroatoms. The Morgan fingerprint density at radius 3 is 2.20 bits per heavy atom. The van der Waals surface area contributed by atoms with Gasteiger partial charge < -0.3 is 10.0 Å². The summed E-state index contributed by atoms with van der Waals surface area (Å²) in [5.41, 5.74) is 0. The fraction of sp³-hybridized carbons (Fsp3) is 0.900. The SMILES string of the molecule is CCC(CC)C(=O)N(CCO)CC(F)F. The third-order valence-corrected chi connectivity index (χ3v) is 2.37. The van der Waals surface area contributed by atoms with Crippen LogP contribution in [-0.4, -0.2) is 42.0 Å². The molecule has 0 atom stereocenters. The average Bonchev–Trinajstić information content (AvgIpc) is 2.18. The van der Waals surface area contributed by atoms with Gasteiger partial charge in [-0.1, -0.05) is 13.8 Å². The first kappa shape index (κ1) is 14.3. The van der Waals surface area contributed by atoms with Crippen molar-refractivity contribution in [3.05, 3.63) is 0 Å². The molecule has 0 fully saturated rings. The van der Waals surface area contributed by atoms with Crippen LogP contribution in [-0.2, 0) is 4.79 Å². The molecule has 0 spiro atoms. The van der Waals surface area contributed by atoms with Crippen LogP contribution in [0.15, 0.2) is 0 Å². The number of hydrogen-bond acceptors (Lipinski definition) is 2. The second kappa shape index (κ2) is 7.56. The first-order valence-electron chi connectivity index (χ1n) is 5.24. The van der Waals surface area contributed by atoms with Crippen molar-refractivity contribution >= 4 is 5.91 Å². The van der Waals surface area contributed by atoms with E-state index >= 15 is 0 Å². The molecule has 0 saturated heterocycles. The van der Waals surface area contributed by atoms with E-state index in [0.717, 1.165) is 4.90 Å². The Labute approximate surface area is 89.1 Å². The van der Waals surface area contributed by atoms with Gasteiger partial charge in [-0.2, -0.15) is 0 Å². The Morgan fingerprint density at radius 2 is 1.87 bits per heavy atom. The van der Waals surface area contributed by atoms with Crippen molar-refractivity contribution in [2.75, 3.05) is 19.7 Å². The highest BCUT2D eigenvalue weighted by Gasteiger charge is 2.23. The maximum atomic E-state index is 12.2. The van der Waals surface area contributed by atoms with Crippen LogP contribution in [0.3, 0.4) is 0 Å². The lowest BCUT2D eigenvalue weighted by atomic mass is 10.0. The molecule has 0 aliphatic heterocycles. The van der Waals surface area contributed by atoms with Crippen LogP contribution in [0.2, 0.25) is 0 Å². The average molecular weight is 223 g/mol. The monoisotopic (exact) mass is 223 g/mol. The number of nitrogens with zero attached hydrogens (tertiary/aromatic N) is 1. The molecule has 3 nitrogen and oxygen atoms in total. The molecular formula is C10H19F2NO2. The molecule has 0 heterocycles. The van der Waals surface area contributed by atoms with Gasteiger partial charge in [0.2, 0.25) is 5.91 Å². The van der Waals surface area contributed by atoms with Gasteiger partial charge in [0.1, 0.15) is 0 Å². The summed E-state index contributed by atoms with van der Waals surface area (Å²) >= 11 is 0. The fourth-order valence-electron chi connectivity index (χ4n) is 1.47. The summed E-state index contributed by atoms with van der Waals surface area (Å²) < 4.78 is 24.3. The summed E-state index contributed by atoms with van der Waals surface area (Å²) in [5.74, 6) is -0.496. The zero-order valence-electron chi connectivity index (χ0n) is 9.25. The molecule has 0 aromatic heterocycles. The smallest absolute Gasteiger partial charge is 0.255 e. The molecular weight excluding hydrogens is 204 g/mol. The van der Waals surface area contributed by atoms with Crippen molar-refractivity contribution in [1.29, 1.82) is 0 Å². The highest BCUT2D eigenvalue weighted by molar-refractivity contribution is 5.78. The van der Waals surface area contributed by atoms with Crippen LogP contribution in [0.1, 0.15) is 26.7 Å². The molecule has 0 aromatic rings. The molecule has 15 heavy (non-hydrogen) atoms. The van der Waals surface area contributed by atoms with Crippen LogP contribution in [0.25, 0.3) is 0 Å². The van der Waals surface area contributed by atoms with Crippen molar-refractivity contribution < 1.29 is 18.7 Å². The van der Waals surface area contributed by atoms with Gasteiger partial charge in [0.25, 0.3) is 6.43 Å². The van der Waals surface area contributed by atoms with E-state index in [0.29, 0.717) is 12.8 Å². The Kier molecular flexibility index (Phi) is 7.21. The Hall–Kier alpha value is -0.710. The van der Waals surface area contributed by atoms with E-state index in [1.807, 2.05) is 13.8 Å². The van der Waals surface area contributed by atoms with E-state index in [9.17, 15) is 13.6 Å².